The van der Waals surface area contributed by atoms with Gasteiger partial charge in [-0.2, -0.15) is 0 Å². The Kier molecular flexibility index (Phi) is 7.09. The second-order valence-electron chi connectivity index (χ2n) is 5.62. The Morgan fingerprint density at radius 3 is 1.22 bits per heavy atom. The molecule has 0 N–H and O–H groups in total. The molecule has 0 saturated carbocycles. The number of aryl methyl sites for hydroxylation is 2. The van der Waals surface area contributed by atoms with Crippen LogP contribution in [0.3, 0.4) is 0 Å². The van der Waals surface area contributed by atoms with E-state index in [2.05, 4.69) is 62.4 Å². The fourth-order valence-corrected chi connectivity index (χ4v) is 2.07. The molecule has 0 atom stereocenters. The van der Waals surface area contributed by atoms with Gasteiger partial charge in [0.1, 0.15) is 0 Å². The van der Waals surface area contributed by atoms with E-state index in [9.17, 15) is 0 Å². The van der Waals surface area contributed by atoms with Gasteiger partial charge in [0.05, 0.1) is 13.2 Å². The Labute approximate surface area is 139 Å². The van der Waals surface area contributed by atoms with Crippen LogP contribution in [-0.4, -0.2) is 0 Å². The minimum Gasteiger partial charge on any atom is -0.372 e. The van der Waals surface area contributed by atoms with E-state index in [1.165, 1.54) is 22.3 Å². The van der Waals surface area contributed by atoms with Gasteiger partial charge in [-0.3, -0.25) is 0 Å². The van der Waals surface area contributed by atoms with E-state index in [0.717, 1.165) is 0 Å². The largest absolute Gasteiger partial charge is 0.372 e. The number of hydrogen-bond acceptors (Lipinski definition) is 1. The van der Waals surface area contributed by atoms with Crippen LogP contribution in [-0.2, 0) is 18.0 Å². The first-order chi connectivity index (χ1) is 11.2. The summed E-state index contributed by atoms with van der Waals surface area (Å²) in [5.74, 6) is 0. The first-order valence-electron chi connectivity index (χ1n) is 7.93. The molecule has 0 aliphatic rings. The SMILES string of the molecule is Cc1ccc(C)cc1.c1ccc(COCc2ccccc2)cc1. The highest BCUT2D eigenvalue weighted by molar-refractivity contribution is 5.19. The maximum Gasteiger partial charge on any atom is 0.0721 e. The molecule has 3 rings (SSSR count). The zero-order chi connectivity index (χ0) is 16.3. The van der Waals surface area contributed by atoms with Crippen molar-refractivity contribution in [2.24, 2.45) is 0 Å². The van der Waals surface area contributed by atoms with Gasteiger partial charge in [-0.15, -0.1) is 0 Å². The fourth-order valence-electron chi connectivity index (χ4n) is 2.07. The third-order valence-electron chi connectivity index (χ3n) is 3.44. The van der Waals surface area contributed by atoms with Gasteiger partial charge in [-0.25, -0.2) is 0 Å². The number of rotatable bonds is 4. The van der Waals surface area contributed by atoms with Crippen molar-refractivity contribution >= 4 is 0 Å². The van der Waals surface area contributed by atoms with Crippen LogP contribution in [0.2, 0.25) is 0 Å². The summed E-state index contributed by atoms with van der Waals surface area (Å²) >= 11 is 0. The van der Waals surface area contributed by atoms with Crippen LogP contribution in [0.5, 0.6) is 0 Å². The molecular weight excluding hydrogens is 280 g/mol. The van der Waals surface area contributed by atoms with E-state index in [0.29, 0.717) is 13.2 Å². The lowest BCUT2D eigenvalue weighted by atomic mass is 10.2. The van der Waals surface area contributed by atoms with E-state index in [-0.39, 0.29) is 0 Å². The quantitative estimate of drug-likeness (QED) is 0.600. The molecular formula is C22H24O. The Morgan fingerprint density at radius 2 is 0.870 bits per heavy atom. The molecule has 1 nitrogen and oxygen atoms in total. The lowest BCUT2D eigenvalue weighted by Gasteiger charge is -2.03. The van der Waals surface area contributed by atoms with Crippen molar-refractivity contribution in [3.05, 3.63) is 107 Å². The van der Waals surface area contributed by atoms with Crippen LogP contribution in [0.25, 0.3) is 0 Å². The summed E-state index contributed by atoms with van der Waals surface area (Å²) in [6.07, 6.45) is 0. The van der Waals surface area contributed by atoms with Gasteiger partial charge in [-0.05, 0) is 25.0 Å². The molecule has 0 aliphatic carbocycles. The van der Waals surface area contributed by atoms with Gasteiger partial charge >= 0.3 is 0 Å². The van der Waals surface area contributed by atoms with E-state index >= 15 is 0 Å². The van der Waals surface area contributed by atoms with Gasteiger partial charge in [0.25, 0.3) is 0 Å². The molecule has 23 heavy (non-hydrogen) atoms. The van der Waals surface area contributed by atoms with Crippen molar-refractivity contribution in [1.82, 2.24) is 0 Å². The average Bonchev–Trinajstić information content (AvgIpc) is 2.60. The summed E-state index contributed by atoms with van der Waals surface area (Å²) < 4.78 is 5.61. The van der Waals surface area contributed by atoms with Crippen molar-refractivity contribution in [2.45, 2.75) is 27.1 Å². The Hall–Kier alpha value is -2.38. The highest BCUT2D eigenvalue weighted by Gasteiger charge is 1.93. The maximum atomic E-state index is 5.61. The van der Waals surface area contributed by atoms with Crippen LogP contribution < -0.4 is 0 Å². The highest BCUT2D eigenvalue weighted by atomic mass is 16.5. The van der Waals surface area contributed by atoms with Gasteiger partial charge in [-0.1, -0.05) is 96.1 Å². The Morgan fingerprint density at radius 1 is 0.522 bits per heavy atom. The zero-order valence-corrected chi connectivity index (χ0v) is 13.9. The Balaban J connectivity index is 0.000000203. The van der Waals surface area contributed by atoms with Gasteiger partial charge < -0.3 is 4.74 Å². The van der Waals surface area contributed by atoms with Crippen LogP contribution in [0.1, 0.15) is 22.3 Å². The van der Waals surface area contributed by atoms with Crippen molar-refractivity contribution in [3.63, 3.8) is 0 Å². The van der Waals surface area contributed by atoms with E-state index < -0.39 is 0 Å². The van der Waals surface area contributed by atoms with Crippen molar-refractivity contribution < 1.29 is 4.74 Å². The average molecular weight is 304 g/mol. The molecule has 0 aliphatic heterocycles. The Bertz CT molecular complexity index is 597. The van der Waals surface area contributed by atoms with Gasteiger partial charge in [0.2, 0.25) is 0 Å². The van der Waals surface area contributed by atoms with Crippen molar-refractivity contribution in [1.29, 1.82) is 0 Å². The molecule has 0 bridgehead atoms. The second-order valence-corrected chi connectivity index (χ2v) is 5.62. The van der Waals surface area contributed by atoms with Crippen LogP contribution in [0.4, 0.5) is 0 Å². The monoisotopic (exact) mass is 304 g/mol. The summed E-state index contributed by atoms with van der Waals surface area (Å²) in [6.45, 7) is 5.55. The third kappa shape index (κ3) is 6.94. The molecule has 0 unspecified atom stereocenters. The summed E-state index contributed by atoms with van der Waals surface area (Å²) in [5, 5.41) is 0. The topological polar surface area (TPSA) is 9.23 Å². The minimum absolute atomic E-state index is 0.676. The summed E-state index contributed by atoms with van der Waals surface area (Å²) in [6, 6.07) is 28.9. The predicted octanol–water partition coefficient (Wildman–Crippen LogP) is 5.71. The molecule has 0 aromatic heterocycles. The second kappa shape index (κ2) is 9.60. The molecule has 0 heterocycles. The molecule has 0 spiro atoms. The first kappa shape index (κ1) is 17.0. The molecule has 0 radical (unpaired) electrons. The maximum absolute atomic E-state index is 5.61. The summed E-state index contributed by atoms with van der Waals surface area (Å²) in [5.41, 5.74) is 5.09. The molecule has 0 saturated heterocycles. The van der Waals surface area contributed by atoms with Crippen LogP contribution in [0.15, 0.2) is 84.9 Å². The smallest absolute Gasteiger partial charge is 0.0721 e. The highest BCUT2D eigenvalue weighted by Crippen LogP contribution is 2.05. The van der Waals surface area contributed by atoms with Crippen LogP contribution in [0, 0.1) is 13.8 Å². The molecule has 0 fully saturated rings. The molecule has 118 valence electrons. The van der Waals surface area contributed by atoms with Crippen LogP contribution >= 0.6 is 0 Å². The lowest BCUT2D eigenvalue weighted by Crippen LogP contribution is -1.93. The number of hydrogen-bond donors (Lipinski definition) is 0. The summed E-state index contributed by atoms with van der Waals surface area (Å²) in [4.78, 5) is 0. The molecule has 3 aromatic rings. The van der Waals surface area contributed by atoms with Gasteiger partial charge in [0.15, 0.2) is 0 Å². The third-order valence-corrected chi connectivity index (χ3v) is 3.44. The first-order valence-corrected chi connectivity index (χ1v) is 7.93. The van der Waals surface area contributed by atoms with Gasteiger partial charge in [0, 0.05) is 0 Å². The molecule has 1 heteroatoms. The van der Waals surface area contributed by atoms with Crippen molar-refractivity contribution in [3.8, 4) is 0 Å². The van der Waals surface area contributed by atoms with E-state index in [1.807, 2.05) is 36.4 Å². The minimum atomic E-state index is 0.676. The van der Waals surface area contributed by atoms with Crippen molar-refractivity contribution in [2.75, 3.05) is 0 Å². The molecule has 0 amide bonds. The molecule has 3 aromatic carbocycles. The van der Waals surface area contributed by atoms with E-state index in [4.69, 9.17) is 4.74 Å². The normalized spacial score (nSPS) is 9.83. The fraction of sp³-hybridized carbons (Fsp3) is 0.182. The standard InChI is InChI=1S/C14H14O.C8H10/c1-3-7-13(8-4-1)11-15-12-14-9-5-2-6-10-14;1-7-3-5-8(2)6-4-7/h1-10H,11-12H2;3-6H,1-2H3. The number of benzene rings is 3. The lowest BCUT2D eigenvalue weighted by molar-refractivity contribution is 0.107. The predicted molar refractivity (Wildman–Crippen MR) is 97.3 cm³/mol. The zero-order valence-electron chi connectivity index (χ0n) is 13.9. The van der Waals surface area contributed by atoms with E-state index in [1.54, 1.807) is 0 Å². The summed E-state index contributed by atoms with van der Waals surface area (Å²) in [7, 11) is 0. The number of ether oxygens (including phenoxy) is 1.